The number of aromatic nitrogens is 2. The number of anilines is 3. The maximum absolute atomic E-state index is 12.9. The summed E-state index contributed by atoms with van der Waals surface area (Å²) in [5.41, 5.74) is -0.567. The van der Waals surface area contributed by atoms with Gasteiger partial charge in [0, 0.05) is 31.0 Å². The quantitative estimate of drug-likeness (QED) is 0.573. The average molecular weight is 406 g/mol. The van der Waals surface area contributed by atoms with Crippen LogP contribution in [0.4, 0.5) is 36.6 Å². The first-order chi connectivity index (χ1) is 13.8. The molecule has 12 heteroatoms. The van der Waals surface area contributed by atoms with Crippen LogP contribution in [0.2, 0.25) is 0 Å². The maximum Gasteiger partial charge on any atom is 0.407 e. The van der Waals surface area contributed by atoms with E-state index >= 15 is 0 Å². The number of carboxylic acid groups (broad SMARTS) is 1. The summed E-state index contributed by atoms with van der Waals surface area (Å²) < 4.78 is 25.7. The van der Waals surface area contributed by atoms with Crippen LogP contribution >= 0.6 is 0 Å². The summed E-state index contributed by atoms with van der Waals surface area (Å²) in [5.74, 6) is 0.371. The molecule has 0 aliphatic carbocycles. The molecule has 152 valence electrons. The summed E-state index contributed by atoms with van der Waals surface area (Å²) in [6.07, 6.45) is -1.90. The molecule has 2 atom stereocenters. The van der Waals surface area contributed by atoms with Crippen LogP contribution in [0, 0.1) is 10.1 Å². The largest absolute Gasteiger partial charge is 0.465 e. The molecule has 4 rings (SSSR count). The fourth-order valence-corrected chi connectivity index (χ4v) is 3.80. The molecular weight excluding hydrogens is 390 g/mol. The Hall–Kier alpha value is -3.57. The highest BCUT2D eigenvalue weighted by molar-refractivity contribution is 5.70. The Balaban J connectivity index is 1.62. The number of carbonyl (C=O) groups is 1. The molecule has 1 amide bonds. The number of hydrogen-bond acceptors (Lipinski definition) is 7. The van der Waals surface area contributed by atoms with E-state index in [1.165, 1.54) is 29.3 Å². The monoisotopic (exact) mass is 406 g/mol. The number of rotatable bonds is 5. The number of halogens is 2. The van der Waals surface area contributed by atoms with Crippen molar-refractivity contribution in [3.63, 3.8) is 0 Å². The predicted molar refractivity (Wildman–Crippen MR) is 97.6 cm³/mol. The first-order valence-corrected chi connectivity index (χ1v) is 8.76. The summed E-state index contributed by atoms with van der Waals surface area (Å²) in [7, 11) is 0. The topological polar surface area (TPSA) is 125 Å². The Labute approximate surface area is 162 Å². The Morgan fingerprint density at radius 1 is 1.31 bits per heavy atom. The van der Waals surface area contributed by atoms with E-state index in [9.17, 15) is 28.8 Å². The van der Waals surface area contributed by atoms with Gasteiger partial charge in [-0.1, -0.05) is 0 Å². The standard InChI is InChI=1S/C17H16F2N6O4/c18-15(19)12-5-9(3-4-20-12)21-16-13(25(28)29)1-2-14(22-16)23-7-11-6-10(23)8-24(11)17(26)27/h1-5,10-11,15H,6-8H2,(H,26,27)(H,20,21,22)/t10-,11-/m1/s1. The Kier molecular flexibility index (Phi) is 4.60. The molecule has 2 aliphatic rings. The van der Waals surface area contributed by atoms with Crippen molar-refractivity contribution in [2.45, 2.75) is 24.9 Å². The minimum atomic E-state index is -2.77. The third-order valence-electron chi connectivity index (χ3n) is 5.10. The fraction of sp³-hybridized carbons (Fsp3) is 0.353. The number of likely N-dealkylation sites (tertiary alicyclic amines) is 1. The van der Waals surface area contributed by atoms with Crippen LogP contribution in [-0.2, 0) is 0 Å². The van der Waals surface area contributed by atoms with Crippen LogP contribution in [0.25, 0.3) is 0 Å². The van der Waals surface area contributed by atoms with Gasteiger partial charge < -0.3 is 20.2 Å². The zero-order valence-corrected chi connectivity index (χ0v) is 14.9. The zero-order chi connectivity index (χ0) is 20.7. The van der Waals surface area contributed by atoms with Gasteiger partial charge in [-0.15, -0.1) is 0 Å². The Morgan fingerprint density at radius 2 is 2.10 bits per heavy atom. The molecule has 4 heterocycles. The van der Waals surface area contributed by atoms with Crippen LogP contribution in [-0.4, -0.2) is 56.2 Å². The lowest BCUT2D eigenvalue weighted by atomic mass is 10.2. The molecule has 0 unspecified atom stereocenters. The lowest BCUT2D eigenvalue weighted by Gasteiger charge is -2.33. The number of nitrogens with zero attached hydrogens (tertiary/aromatic N) is 5. The third-order valence-corrected chi connectivity index (χ3v) is 5.10. The van der Waals surface area contributed by atoms with E-state index in [4.69, 9.17) is 0 Å². The normalized spacial score (nSPS) is 20.4. The van der Waals surface area contributed by atoms with Gasteiger partial charge >= 0.3 is 11.8 Å². The van der Waals surface area contributed by atoms with Gasteiger partial charge in [0.2, 0.25) is 5.82 Å². The Morgan fingerprint density at radius 3 is 2.72 bits per heavy atom. The SMILES string of the molecule is O=C(O)N1C[C@H]2C[C@@H]1CN2c1ccc([N+](=O)[O-])c(Nc2ccnc(C(F)F)c2)n1. The molecule has 2 bridgehead atoms. The van der Waals surface area contributed by atoms with Gasteiger partial charge in [-0.25, -0.2) is 18.6 Å². The van der Waals surface area contributed by atoms with Gasteiger partial charge in [-0.05, 0) is 24.6 Å². The van der Waals surface area contributed by atoms with Crippen molar-refractivity contribution < 1.29 is 23.6 Å². The zero-order valence-electron chi connectivity index (χ0n) is 14.9. The minimum Gasteiger partial charge on any atom is -0.465 e. The van der Waals surface area contributed by atoms with Crippen LogP contribution in [0.1, 0.15) is 18.5 Å². The molecule has 2 fully saturated rings. The molecule has 29 heavy (non-hydrogen) atoms. The lowest BCUT2D eigenvalue weighted by Crippen LogP contribution is -2.48. The van der Waals surface area contributed by atoms with Crippen LogP contribution in [0.15, 0.2) is 30.5 Å². The van der Waals surface area contributed by atoms with Crippen molar-refractivity contribution in [1.82, 2.24) is 14.9 Å². The molecule has 10 nitrogen and oxygen atoms in total. The predicted octanol–water partition coefficient (Wildman–Crippen LogP) is 3.01. The van der Waals surface area contributed by atoms with E-state index in [-0.39, 0.29) is 29.3 Å². The van der Waals surface area contributed by atoms with Crippen molar-refractivity contribution in [1.29, 1.82) is 0 Å². The second-order valence-corrected chi connectivity index (χ2v) is 6.82. The second kappa shape index (κ2) is 7.11. The first kappa shape index (κ1) is 18.8. The van der Waals surface area contributed by atoms with Crippen LogP contribution < -0.4 is 10.2 Å². The van der Waals surface area contributed by atoms with Crippen molar-refractivity contribution in [2.75, 3.05) is 23.3 Å². The van der Waals surface area contributed by atoms with E-state index in [2.05, 4.69) is 15.3 Å². The van der Waals surface area contributed by atoms with Crippen molar-refractivity contribution >= 4 is 29.1 Å². The molecule has 0 saturated carbocycles. The molecule has 2 aromatic rings. The van der Waals surface area contributed by atoms with Crippen molar-refractivity contribution in [3.8, 4) is 0 Å². The number of amides is 1. The minimum absolute atomic E-state index is 0.0655. The third kappa shape index (κ3) is 3.48. The summed E-state index contributed by atoms with van der Waals surface area (Å²) in [6.45, 7) is 0.773. The van der Waals surface area contributed by atoms with E-state index in [1.807, 2.05) is 4.90 Å². The molecule has 2 aliphatic heterocycles. The fourth-order valence-electron chi connectivity index (χ4n) is 3.80. The van der Waals surface area contributed by atoms with Gasteiger partial charge in [-0.2, -0.15) is 0 Å². The van der Waals surface area contributed by atoms with Gasteiger partial charge in [0.05, 0.1) is 17.0 Å². The number of nitro groups is 1. The van der Waals surface area contributed by atoms with E-state index < -0.39 is 23.1 Å². The number of alkyl halides is 2. The number of nitrogens with one attached hydrogen (secondary N) is 1. The highest BCUT2D eigenvalue weighted by Crippen LogP contribution is 2.36. The highest BCUT2D eigenvalue weighted by atomic mass is 19.3. The molecule has 2 saturated heterocycles. The van der Waals surface area contributed by atoms with Gasteiger partial charge in [0.1, 0.15) is 11.5 Å². The average Bonchev–Trinajstić information content (AvgIpc) is 3.29. The molecule has 2 N–H and O–H groups in total. The highest BCUT2D eigenvalue weighted by Gasteiger charge is 2.46. The smallest absolute Gasteiger partial charge is 0.407 e. The van der Waals surface area contributed by atoms with Crippen LogP contribution in [0.5, 0.6) is 0 Å². The first-order valence-electron chi connectivity index (χ1n) is 8.76. The van der Waals surface area contributed by atoms with Gasteiger partial charge in [-0.3, -0.25) is 15.1 Å². The van der Waals surface area contributed by atoms with Gasteiger partial charge in [0.25, 0.3) is 6.43 Å². The molecule has 2 aromatic heterocycles. The maximum atomic E-state index is 12.9. The lowest BCUT2D eigenvalue weighted by molar-refractivity contribution is -0.384. The molecular formula is C17H16F2N6O4. The van der Waals surface area contributed by atoms with E-state index in [0.717, 1.165) is 6.07 Å². The number of hydrogen-bond donors (Lipinski definition) is 2. The Bertz CT molecular complexity index is 975. The van der Waals surface area contributed by atoms with Crippen molar-refractivity contribution in [3.05, 3.63) is 46.3 Å². The number of piperazine rings is 1. The summed E-state index contributed by atoms with van der Waals surface area (Å²) in [4.78, 5) is 33.2. The number of pyridine rings is 2. The van der Waals surface area contributed by atoms with E-state index in [1.54, 1.807) is 0 Å². The second-order valence-electron chi connectivity index (χ2n) is 6.82. The summed E-state index contributed by atoms with van der Waals surface area (Å²) >= 11 is 0. The molecule has 0 radical (unpaired) electrons. The summed E-state index contributed by atoms with van der Waals surface area (Å²) in [5, 5.41) is 23.3. The molecule has 0 aromatic carbocycles. The molecule has 0 spiro atoms. The summed E-state index contributed by atoms with van der Waals surface area (Å²) in [6, 6.07) is 5.09. The van der Waals surface area contributed by atoms with E-state index in [0.29, 0.717) is 25.3 Å². The number of fused-ring (bicyclic) bond motifs is 2. The van der Waals surface area contributed by atoms with Crippen molar-refractivity contribution in [2.24, 2.45) is 0 Å². The van der Waals surface area contributed by atoms with Gasteiger partial charge in [0.15, 0.2) is 0 Å². The van der Waals surface area contributed by atoms with Crippen LogP contribution in [0.3, 0.4) is 0 Å².